The van der Waals surface area contributed by atoms with E-state index in [1.54, 1.807) is 12.1 Å². The van der Waals surface area contributed by atoms with Crippen molar-refractivity contribution in [2.45, 2.75) is 40.5 Å². The van der Waals surface area contributed by atoms with Crippen LogP contribution in [0.3, 0.4) is 0 Å². The van der Waals surface area contributed by atoms with E-state index in [1.165, 1.54) is 25.3 Å². The van der Waals surface area contributed by atoms with Gasteiger partial charge < -0.3 is 9.47 Å². The van der Waals surface area contributed by atoms with Gasteiger partial charge in [0.2, 0.25) is 11.7 Å². The van der Waals surface area contributed by atoms with Crippen molar-refractivity contribution in [3.05, 3.63) is 30.1 Å². The molecule has 0 unspecified atom stereocenters. The molecule has 140 valence electrons. The van der Waals surface area contributed by atoms with Gasteiger partial charge in [-0.2, -0.15) is 0 Å². The molecule has 0 spiro atoms. The number of fused-ring (bicyclic) bond motifs is 3. The van der Waals surface area contributed by atoms with E-state index in [9.17, 15) is 14.4 Å². The lowest BCUT2D eigenvalue weighted by Crippen LogP contribution is -2.12. The third-order valence-corrected chi connectivity index (χ3v) is 4.07. The van der Waals surface area contributed by atoms with Crippen LogP contribution in [0.15, 0.2) is 24.3 Å². The first-order valence-electron chi connectivity index (χ1n) is 8.57. The van der Waals surface area contributed by atoms with E-state index in [1.807, 2.05) is 26.0 Å². The number of esters is 2. The van der Waals surface area contributed by atoms with E-state index < -0.39 is 11.9 Å². The van der Waals surface area contributed by atoms with Crippen LogP contribution in [0.2, 0.25) is 0 Å². The third-order valence-electron chi connectivity index (χ3n) is 4.07. The summed E-state index contributed by atoms with van der Waals surface area (Å²) in [5.41, 5.74) is 0.827. The van der Waals surface area contributed by atoms with E-state index in [4.69, 9.17) is 9.47 Å². The van der Waals surface area contributed by atoms with Gasteiger partial charge >= 0.3 is 11.9 Å². The molecule has 0 amide bonds. The van der Waals surface area contributed by atoms with Gasteiger partial charge in [0.1, 0.15) is 11.3 Å². The highest BCUT2D eigenvalue weighted by atomic mass is 16.6. The van der Waals surface area contributed by atoms with Crippen molar-refractivity contribution in [3.63, 3.8) is 0 Å². The molecule has 0 radical (unpaired) electrons. The van der Waals surface area contributed by atoms with E-state index in [2.05, 4.69) is 4.98 Å². The van der Waals surface area contributed by atoms with Crippen LogP contribution in [-0.2, 0) is 9.59 Å². The van der Waals surface area contributed by atoms with Gasteiger partial charge in [-0.05, 0) is 0 Å². The summed E-state index contributed by atoms with van der Waals surface area (Å²) in [6.45, 7) is 7.81. The van der Waals surface area contributed by atoms with Crippen molar-refractivity contribution in [2.75, 3.05) is 0 Å². The zero-order chi connectivity index (χ0) is 19.9. The highest BCUT2D eigenvalue weighted by molar-refractivity contribution is 6.14. The lowest BCUT2D eigenvalue weighted by Gasteiger charge is -2.14. The fraction of sp³-hybridized carbons (Fsp3) is 0.300. The number of nitrogens with zero attached hydrogens (tertiary/aromatic N) is 2. The molecule has 0 aliphatic rings. The Morgan fingerprint density at radius 2 is 1.48 bits per heavy atom. The average molecular weight is 368 g/mol. The van der Waals surface area contributed by atoms with Crippen molar-refractivity contribution in [3.8, 4) is 11.5 Å². The Kier molecular flexibility index (Phi) is 4.70. The SMILES string of the molecule is CC(=O)Oc1c(OC(C)=O)c2nc(C(C)C)n(C(C)=O)c2c2ccccc12. The molecule has 0 saturated carbocycles. The number of ether oxygens (including phenoxy) is 2. The largest absolute Gasteiger partial charge is 0.422 e. The van der Waals surface area contributed by atoms with Crippen LogP contribution >= 0.6 is 0 Å². The third kappa shape index (κ3) is 3.16. The molecule has 0 saturated heterocycles. The molecular formula is C20H20N2O5. The minimum Gasteiger partial charge on any atom is -0.422 e. The number of carbonyl (C=O) groups excluding carboxylic acids is 3. The smallest absolute Gasteiger partial charge is 0.308 e. The summed E-state index contributed by atoms with van der Waals surface area (Å²) in [5.74, 6) is -0.706. The predicted molar refractivity (Wildman–Crippen MR) is 100 cm³/mol. The highest BCUT2D eigenvalue weighted by Crippen LogP contribution is 2.44. The molecule has 0 aliphatic heterocycles. The molecule has 7 heteroatoms. The van der Waals surface area contributed by atoms with Gasteiger partial charge in [0.15, 0.2) is 5.75 Å². The second-order valence-electron chi connectivity index (χ2n) is 6.57. The lowest BCUT2D eigenvalue weighted by atomic mass is 10.1. The molecule has 0 bridgehead atoms. The van der Waals surface area contributed by atoms with Crippen molar-refractivity contribution in [1.82, 2.24) is 9.55 Å². The van der Waals surface area contributed by atoms with Gasteiger partial charge in [-0.3, -0.25) is 19.0 Å². The number of carbonyl (C=O) groups is 3. The molecule has 0 atom stereocenters. The van der Waals surface area contributed by atoms with Crippen LogP contribution in [0.1, 0.15) is 51.2 Å². The predicted octanol–water partition coefficient (Wildman–Crippen LogP) is 3.82. The second-order valence-corrected chi connectivity index (χ2v) is 6.57. The van der Waals surface area contributed by atoms with Gasteiger partial charge in [-0.15, -0.1) is 0 Å². The summed E-state index contributed by atoms with van der Waals surface area (Å²) in [4.78, 5) is 40.4. The molecule has 7 nitrogen and oxygen atoms in total. The first kappa shape index (κ1) is 18.6. The Labute approximate surface area is 155 Å². The van der Waals surface area contributed by atoms with Gasteiger partial charge in [0.05, 0.1) is 5.52 Å². The summed E-state index contributed by atoms with van der Waals surface area (Å²) in [5, 5.41) is 1.23. The van der Waals surface area contributed by atoms with Gasteiger partial charge in [-0.1, -0.05) is 38.1 Å². The number of hydrogen-bond acceptors (Lipinski definition) is 6. The topological polar surface area (TPSA) is 87.5 Å². The van der Waals surface area contributed by atoms with Gasteiger partial charge in [-0.25, -0.2) is 4.98 Å². The molecule has 0 fully saturated rings. The van der Waals surface area contributed by atoms with Crippen molar-refractivity contribution >= 4 is 39.7 Å². The Bertz CT molecular complexity index is 1090. The van der Waals surface area contributed by atoms with Crippen molar-refractivity contribution in [2.24, 2.45) is 0 Å². The Morgan fingerprint density at radius 3 is 2.00 bits per heavy atom. The highest BCUT2D eigenvalue weighted by Gasteiger charge is 2.27. The second kappa shape index (κ2) is 6.83. The molecule has 0 N–H and O–H groups in total. The Balaban J connectivity index is 2.60. The lowest BCUT2D eigenvalue weighted by molar-refractivity contribution is -0.134. The first-order chi connectivity index (χ1) is 12.7. The monoisotopic (exact) mass is 368 g/mol. The molecule has 1 aromatic heterocycles. The van der Waals surface area contributed by atoms with Gasteiger partial charge in [0, 0.05) is 37.5 Å². The van der Waals surface area contributed by atoms with Crippen LogP contribution in [0.4, 0.5) is 0 Å². The van der Waals surface area contributed by atoms with Crippen LogP contribution in [0.25, 0.3) is 21.8 Å². The summed E-state index contributed by atoms with van der Waals surface area (Å²) in [6, 6.07) is 7.15. The van der Waals surface area contributed by atoms with Crippen LogP contribution in [0, 0.1) is 0 Å². The maximum Gasteiger partial charge on any atom is 0.308 e. The normalized spacial score (nSPS) is 11.2. The molecule has 3 rings (SSSR count). The molecule has 3 aromatic rings. The number of aromatic nitrogens is 2. The minimum absolute atomic E-state index is 0.0355. The maximum absolute atomic E-state index is 12.4. The average Bonchev–Trinajstić information content (AvgIpc) is 2.98. The fourth-order valence-electron chi connectivity index (χ4n) is 3.15. The number of rotatable bonds is 3. The zero-order valence-corrected chi connectivity index (χ0v) is 15.8. The summed E-state index contributed by atoms with van der Waals surface area (Å²) < 4.78 is 12.3. The Hall–Kier alpha value is -3.22. The van der Waals surface area contributed by atoms with E-state index in [0.717, 1.165) is 0 Å². The molecule has 27 heavy (non-hydrogen) atoms. The molecular weight excluding hydrogens is 348 g/mol. The summed E-state index contributed by atoms with van der Waals surface area (Å²) >= 11 is 0. The Morgan fingerprint density at radius 1 is 0.926 bits per heavy atom. The molecule has 1 heterocycles. The molecule has 0 aliphatic carbocycles. The number of benzene rings is 2. The first-order valence-corrected chi connectivity index (χ1v) is 8.57. The van der Waals surface area contributed by atoms with Crippen LogP contribution in [-0.4, -0.2) is 27.4 Å². The van der Waals surface area contributed by atoms with Crippen molar-refractivity contribution in [1.29, 1.82) is 0 Å². The summed E-state index contributed by atoms with van der Waals surface area (Å²) in [6.07, 6.45) is 0. The van der Waals surface area contributed by atoms with Crippen LogP contribution < -0.4 is 9.47 Å². The van der Waals surface area contributed by atoms with Crippen LogP contribution in [0.5, 0.6) is 11.5 Å². The summed E-state index contributed by atoms with van der Waals surface area (Å²) in [7, 11) is 0. The quantitative estimate of drug-likeness (QED) is 0.516. The van der Waals surface area contributed by atoms with Crippen molar-refractivity contribution < 1.29 is 23.9 Å². The molecule has 2 aromatic carbocycles. The number of hydrogen-bond donors (Lipinski definition) is 0. The van der Waals surface area contributed by atoms with E-state index in [-0.39, 0.29) is 23.3 Å². The van der Waals surface area contributed by atoms with Gasteiger partial charge in [0.25, 0.3) is 0 Å². The maximum atomic E-state index is 12.4. The van der Waals surface area contributed by atoms with E-state index in [0.29, 0.717) is 27.6 Å². The standard InChI is InChI=1S/C20H20N2O5/c1-10(2)20-21-16-17(22(20)11(3)23)14-8-6-7-9-15(14)18(26-12(4)24)19(16)27-13(5)25/h6-10H,1-5H3. The number of imidazole rings is 1. The fourth-order valence-corrected chi connectivity index (χ4v) is 3.15. The van der Waals surface area contributed by atoms with E-state index >= 15 is 0 Å². The minimum atomic E-state index is -0.580. The zero-order valence-electron chi connectivity index (χ0n) is 15.8.